The Kier molecular flexibility index (Phi) is 17.5. The van der Waals surface area contributed by atoms with Crippen molar-refractivity contribution in [1.82, 2.24) is 20.1 Å². The van der Waals surface area contributed by atoms with Gasteiger partial charge in [-0.25, -0.2) is 14.3 Å². The van der Waals surface area contributed by atoms with Crippen molar-refractivity contribution in [3.8, 4) is 0 Å². The number of thiol groups is 3. The highest BCUT2D eigenvalue weighted by Crippen LogP contribution is 2.21. The molecule has 0 heterocycles. The third-order valence-corrected chi connectivity index (χ3v) is 9.82. The molecule has 0 saturated heterocycles. The molecule has 0 radical (unpaired) electrons. The summed E-state index contributed by atoms with van der Waals surface area (Å²) in [6, 6.07) is 6.59. The summed E-state index contributed by atoms with van der Waals surface area (Å²) in [6.45, 7) is 0. The molecule has 0 bridgehead atoms. The average Bonchev–Trinajstić information content (AvgIpc) is 3.03. The fourth-order valence-electron chi connectivity index (χ4n) is 3.34. The average molecular weight is 721 g/mol. The molecule has 2 rings (SSSR count). The number of hydrogen-bond donors (Lipinski definition) is 7. The maximum Gasteiger partial charge on any atom is 0.329 e. The third kappa shape index (κ3) is 12.0. The van der Waals surface area contributed by atoms with Crippen molar-refractivity contribution in [2.24, 2.45) is 0 Å². The molecule has 240 valence electrons. The van der Waals surface area contributed by atoms with Gasteiger partial charge in [0.15, 0.2) is 0 Å². The molecule has 0 aromatic heterocycles. The number of benzene rings is 2. The molecule has 2 unspecified atom stereocenters. The van der Waals surface area contributed by atoms with Crippen LogP contribution in [0.25, 0.3) is 10.8 Å². The molecule has 0 spiro atoms. The quantitative estimate of drug-likeness (QED) is 0.0280. The fraction of sp³-hybridized carbons (Fsp3) is 0.385. The van der Waals surface area contributed by atoms with Gasteiger partial charge in [0.1, 0.15) is 18.4 Å². The van der Waals surface area contributed by atoms with Crippen molar-refractivity contribution >= 4 is 118 Å². The number of aldehydes is 1. The van der Waals surface area contributed by atoms with E-state index in [1.54, 1.807) is 36.4 Å². The molecule has 0 saturated carbocycles. The Morgan fingerprint density at radius 2 is 1.32 bits per heavy atom. The molecule has 4 N–H and O–H groups in total. The molecule has 2 amide bonds. The summed E-state index contributed by atoms with van der Waals surface area (Å²) in [7, 11) is 4.81. The fourth-order valence-corrected chi connectivity index (χ4v) is 7.22. The van der Waals surface area contributed by atoms with Gasteiger partial charge in [-0.2, -0.15) is 25.3 Å². The summed E-state index contributed by atoms with van der Waals surface area (Å²) in [5.74, 6) is -1.56. The molecule has 12 nitrogen and oxygen atoms in total. The van der Waals surface area contributed by atoms with Gasteiger partial charge in [0, 0.05) is 34.1 Å². The molecular weight excluding hydrogens is 689 g/mol. The summed E-state index contributed by atoms with van der Waals surface area (Å²) >= 11 is 13.0. The number of fused-ring (bicyclic) bond motifs is 1. The Labute approximate surface area is 283 Å². The highest BCUT2D eigenvalue weighted by Gasteiger charge is 2.25. The smallest absolute Gasteiger partial charge is 0.329 e. The zero-order chi connectivity index (χ0) is 32.6. The third-order valence-electron chi connectivity index (χ3n) is 5.76. The molecular formula is C26H32N4O8S6. The monoisotopic (exact) mass is 720 g/mol. The van der Waals surface area contributed by atoms with Crippen LogP contribution < -0.4 is 20.1 Å². The van der Waals surface area contributed by atoms with Gasteiger partial charge in [0.2, 0.25) is 5.12 Å². The number of hydrogen-bond acceptors (Lipinski definition) is 15. The van der Waals surface area contributed by atoms with E-state index in [2.05, 4.69) is 58.0 Å². The van der Waals surface area contributed by atoms with Crippen LogP contribution in [0.5, 0.6) is 0 Å². The number of rotatable bonds is 19. The summed E-state index contributed by atoms with van der Waals surface area (Å²) < 4.78 is 15.4. The van der Waals surface area contributed by atoms with Crippen LogP contribution in [0.4, 0.5) is 0 Å². The van der Waals surface area contributed by atoms with Crippen molar-refractivity contribution in [2.75, 3.05) is 37.2 Å². The van der Waals surface area contributed by atoms with E-state index in [0.29, 0.717) is 16.5 Å². The van der Waals surface area contributed by atoms with Gasteiger partial charge in [-0.15, -0.1) is 12.6 Å². The minimum absolute atomic E-state index is 0.0744. The maximum absolute atomic E-state index is 13.0. The van der Waals surface area contributed by atoms with Crippen LogP contribution in [0.3, 0.4) is 0 Å². The predicted octanol–water partition coefficient (Wildman–Crippen LogP) is 1.76. The van der Waals surface area contributed by atoms with Crippen LogP contribution in [0, 0.1) is 0 Å². The minimum atomic E-state index is -1.01. The molecule has 0 aliphatic carbocycles. The van der Waals surface area contributed by atoms with E-state index in [1.165, 1.54) is 25.0 Å². The van der Waals surface area contributed by atoms with Crippen LogP contribution in [-0.2, 0) is 28.7 Å². The normalized spacial score (nSPS) is 13.7. The summed E-state index contributed by atoms with van der Waals surface area (Å²) in [4.78, 5) is 72.9. The first-order valence-corrected chi connectivity index (χ1v) is 17.7. The second-order valence-electron chi connectivity index (χ2n) is 8.79. The van der Waals surface area contributed by atoms with E-state index in [0.717, 1.165) is 29.2 Å². The van der Waals surface area contributed by atoms with Crippen molar-refractivity contribution in [1.29, 1.82) is 0 Å². The van der Waals surface area contributed by atoms with Gasteiger partial charge in [0.05, 0.1) is 26.3 Å². The van der Waals surface area contributed by atoms with Gasteiger partial charge in [-0.05, 0) is 46.0 Å². The number of esters is 2. The van der Waals surface area contributed by atoms with Crippen molar-refractivity contribution < 1.29 is 38.2 Å². The largest absolute Gasteiger partial charge is 0.467 e. The van der Waals surface area contributed by atoms with Gasteiger partial charge >= 0.3 is 11.9 Å². The Morgan fingerprint density at radius 3 is 1.75 bits per heavy atom. The van der Waals surface area contributed by atoms with E-state index >= 15 is 0 Å². The van der Waals surface area contributed by atoms with Gasteiger partial charge < -0.3 is 24.9 Å². The Hall–Kier alpha value is -2.06. The molecule has 0 aliphatic heterocycles. The first-order chi connectivity index (χ1) is 21.1. The zero-order valence-electron chi connectivity index (χ0n) is 23.5. The lowest BCUT2D eigenvalue weighted by Gasteiger charge is -2.18. The van der Waals surface area contributed by atoms with E-state index in [9.17, 15) is 28.8 Å². The van der Waals surface area contributed by atoms with Gasteiger partial charge in [-0.3, -0.25) is 19.1 Å². The van der Waals surface area contributed by atoms with E-state index in [-0.39, 0.29) is 28.4 Å². The van der Waals surface area contributed by atoms with Gasteiger partial charge in [0.25, 0.3) is 11.8 Å². The van der Waals surface area contributed by atoms with Crippen LogP contribution in [0.15, 0.2) is 36.4 Å². The summed E-state index contributed by atoms with van der Waals surface area (Å²) in [5, 5.41) is 6.20. The second kappa shape index (κ2) is 20.1. The molecule has 2 aromatic rings. The van der Waals surface area contributed by atoms with Crippen molar-refractivity contribution in [3.05, 3.63) is 47.5 Å². The second-order valence-corrected chi connectivity index (χ2v) is 13.0. The Morgan fingerprint density at radius 1 is 0.795 bits per heavy atom. The summed E-state index contributed by atoms with van der Waals surface area (Å²) in [5.41, 5.74) is 0.550. The molecule has 2 aromatic carbocycles. The Bertz CT molecular complexity index is 1340. The first-order valence-electron chi connectivity index (χ1n) is 12.7. The SMILES string of the molecule is COC(=O)C(CSN[C@@H](CS)C(=O)S)NC(=O)c1ccc2cc(C(=O)NC(CSSN[C@H](C=O)CS)C(=O)OC)ccc2c1. The maximum atomic E-state index is 13.0. The molecule has 0 aliphatic rings. The molecule has 44 heavy (non-hydrogen) atoms. The standard InChI is InChI=1S/C26H32N4O8S6/c1-37-24(34)20(12-42-30-19(11-40)26(36)41)27-22(32)16-5-3-15-8-17(6-4-14(15)7-16)23(33)28-21(25(35)38-2)13-43-44-29-18(9-31)10-39/h3-9,18-21,29-30,39-40H,10-13H2,1-2H3,(H,27,32)(H,28,33)(H,36,41)/t18-,19+,20?,21?/m1/s1. The topological polar surface area (TPSA) is 169 Å². The van der Waals surface area contributed by atoms with Crippen molar-refractivity contribution in [2.45, 2.75) is 24.2 Å². The number of carbonyl (C=O) groups excluding carboxylic acids is 6. The van der Waals surface area contributed by atoms with Crippen LogP contribution in [0.1, 0.15) is 20.7 Å². The van der Waals surface area contributed by atoms with Gasteiger partial charge in [-0.1, -0.05) is 34.9 Å². The number of methoxy groups -OCH3 is 2. The number of nitrogens with one attached hydrogen (secondary N) is 4. The van der Waals surface area contributed by atoms with Crippen molar-refractivity contribution in [3.63, 3.8) is 0 Å². The van der Waals surface area contributed by atoms with E-state index < -0.39 is 53.0 Å². The highest BCUT2D eigenvalue weighted by atomic mass is 33.1. The number of ether oxygens (including phenoxy) is 2. The molecule has 4 atom stereocenters. The van der Waals surface area contributed by atoms with Crippen LogP contribution in [0.2, 0.25) is 0 Å². The Balaban J connectivity index is 2.08. The lowest BCUT2D eigenvalue weighted by atomic mass is 10.0. The minimum Gasteiger partial charge on any atom is -0.467 e. The zero-order valence-corrected chi connectivity index (χ0v) is 28.6. The van der Waals surface area contributed by atoms with E-state index in [4.69, 9.17) is 9.47 Å². The molecule has 18 heteroatoms. The first kappa shape index (κ1) is 38.1. The lowest BCUT2D eigenvalue weighted by Crippen LogP contribution is -2.44. The molecule has 0 fully saturated rings. The number of carbonyl (C=O) groups is 6. The van der Waals surface area contributed by atoms with Crippen LogP contribution in [-0.4, -0.2) is 96.6 Å². The summed E-state index contributed by atoms with van der Waals surface area (Å²) in [6.07, 6.45) is 0.725. The number of amides is 2. The lowest BCUT2D eigenvalue weighted by molar-refractivity contribution is -0.143. The van der Waals surface area contributed by atoms with E-state index in [1.807, 2.05) is 0 Å². The highest BCUT2D eigenvalue weighted by molar-refractivity contribution is 8.76. The predicted molar refractivity (Wildman–Crippen MR) is 185 cm³/mol. The van der Waals surface area contributed by atoms with Crippen LogP contribution >= 0.6 is 71.6 Å².